The Bertz CT molecular complexity index is 748. The SMILES string of the molecule is CC(C)c1cccc(NC(N)=NCc2ccnc(N3CCCCC3)c2)c1. The summed E-state index contributed by atoms with van der Waals surface area (Å²) in [5, 5.41) is 3.19. The van der Waals surface area contributed by atoms with Crippen LogP contribution >= 0.6 is 0 Å². The number of piperidine rings is 1. The highest BCUT2D eigenvalue weighted by atomic mass is 15.2. The molecule has 3 N–H and O–H groups in total. The molecule has 0 aliphatic carbocycles. The smallest absolute Gasteiger partial charge is 0.193 e. The highest BCUT2D eigenvalue weighted by Crippen LogP contribution is 2.20. The highest BCUT2D eigenvalue weighted by Gasteiger charge is 2.12. The summed E-state index contributed by atoms with van der Waals surface area (Å²) in [4.78, 5) is 11.4. The van der Waals surface area contributed by atoms with E-state index in [4.69, 9.17) is 5.73 Å². The molecule has 0 atom stereocenters. The summed E-state index contributed by atoms with van der Waals surface area (Å²) in [6.07, 6.45) is 5.68. The number of guanidine groups is 1. The van der Waals surface area contributed by atoms with Gasteiger partial charge in [-0.1, -0.05) is 26.0 Å². The van der Waals surface area contributed by atoms with Crippen LogP contribution in [0.5, 0.6) is 0 Å². The highest BCUT2D eigenvalue weighted by molar-refractivity contribution is 5.92. The number of nitrogens with zero attached hydrogens (tertiary/aromatic N) is 3. The van der Waals surface area contributed by atoms with Gasteiger partial charge >= 0.3 is 0 Å². The minimum Gasteiger partial charge on any atom is -0.370 e. The molecule has 0 saturated carbocycles. The van der Waals surface area contributed by atoms with Crippen LogP contribution in [-0.2, 0) is 6.54 Å². The summed E-state index contributed by atoms with van der Waals surface area (Å²) < 4.78 is 0. The van der Waals surface area contributed by atoms with Crippen LogP contribution in [0.2, 0.25) is 0 Å². The predicted molar refractivity (Wildman–Crippen MR) is 110 cm³/mol. The number of anilines is 2. The van der Waals surface area contributed by atoms with Gasteiger partial charge < -0.3 is 16.0 Å². The van der Waals surface area contributed by atoms with Gasteiger partial charge in [0.1, 0.15) is 5.82 Å². The average molecular weight is 351 g/mol. The zero-order valence-corrected chi connectivity index (χ0v) is 15.8. The van der Waals surface area contributed by atoms with Crippen LogP contribution in [0.25, 0.3) is 0 Å². The van der Waals surface area contributed by atoms with E-state index in [9.17, 15) is 0 Å². The van der Waals surface area contributed by atoms with Crippen molar-refractivity contribution in [2.24, 2.45) is 10.7 Å². The van der Waals surface area contributed by atoms with Crippen molar-refractivity contribution >= 4 is 17.5 Å². The van der Waals surface area contributed by atoms with Crippen molar-refractivity contribution in [3.63, 3.8) is 0 Å². The molecule has 5 nitrogen and oxygen atoms in total. The molecule has 26 heavy (non-hydrogen) atoms. The standard InChI is InChI=1S/C21H29N5/c1-16(2)18-7-6-8-19(14-18)25-21(22)24-15-17-9-10-23-20(13-17)26-11-4-3-5-12-26/h6-10,13-14,16H,3-5,11-12,15H2,1-2H3,(H3,22,24,25). The zero-order chi connectivity index (χ0) is 18.4. The Labute approximate surface area is 156 Å². The Hall–Kier alpha value is -2.56. The van der Waals surface area contributed by atoms with E-state index in [2.05, 4.69) is 52.2 Å². The van der Waals surface area contributed by atoms with E-state index < -0.39 is 0 Å². The second-order valence-electron chi connectivity index (χ2n) is 7.18. The second kappa shape index (κ2) is 8.70. The van der Waals surface area contributed by atoms with E-state index in [1.54, 1.807) is 0 Å². The molecule has 3 rings (SSSR count). The Balaban J connectivity index is 1.62. The third-order valence-electron chi connectivity index (χ3n) is 4.75. The summed E-state index contributed by atoms with van der Waals surface area (Å²) in [7, 11) is 0. The number of nitrogens with two attached hydrogens (primary N) is 1. The zero-order valence-electron chi connectivity index (χ0n) is 15.8. The van der Waals surface area contributed by atoms with Gasteiger partial charge in [-0.2, -0.15) is 0 Å². The van der Waals surface area contributed by atoms with Crippen molar-refractivity contribution in [3.05, 3.63) is 53.7 Å². The number of aliphatic imine (C=N–C) groups is 1. The van der Waals surface area contributed by atoms with Crippen LogP contribution in [0.15, 0.2) is 47.6 Å². The molecule has 1 aliphatic heterocycles. The van der Waals surface area contributed by atoms with Crippen molar-refractivity contribution in [1.29, 1.82) is 0 Å². The molecule has 1 aromatic heterocycles. The van der Waals surface area contributed by atoms with Crippen molar-refractivity contribution in [3.8, 4) is 0 Å². The Morgan fingerprint density at radius 3 is 2.77 bits per heavy atom. The van der Waals surface area contributed by atoms with Gasteiger partial charge in [-0.3, -0.25) is 0 Å². The molecule has 1 aliphatic rings. The normalized spacial score (nSPS) is 15.3. The van der Waals surface area contributed by atoms with Gasteiger partial charge in [0, 0.05) is 25.0 Å². The number of hydrogen-bond donors (Lipinski definition) is 2. The van der Waals surface area contributed by atoms with Crippen LogP contribution in [0.3, 0.4) is 0 Å². The second-order valence-corrected chi connectivity index (χ2v) is 7.18. The Morgan fingerprint density at radius 1 is 1.19 bits per heavy atom. The maximum atomic E-state index is 6.07. The fourth-order valence-electron chi connectivity index (χ4n) is 3.19. The summed E-state index contributed by atoms with van der Waals surface area (Å²) in [6, 6.07) is 12.4. The lowest BCUT2D eigenvalue weighted by molar-refractivity contribution is 0.573. The molecule has 0 radical (unpaired) electrons. The molecule has 0 amide bonds. The van der Waals surface area contributed by atoms with E-state index >= 15 is 0 Å². The van der Waals surface area contributed by atoms with Gasteiger partial charge in [0.05, 0.1) is 6.54 Å². The largest absolute Gasteiger partial charge is 0.370 e. The van der Waals surface area contributed by atoms with Crippen LogP contribution in [0, 0.1) is 0 Å². The minimum absolute atomic E-state index is 0.433. The quantitative estimate of drug-likeness (QED) is 0.628. The third-order valence-corrected chi connectivity index (χ3v) is 4.75. The minimum atomic E-state index is 0.433. The number of aromatic nitrogens is 1. The number of pyridine rings is 1. The van der Waals surface area contributed by atoms with E-state index in [1.807, 2.05) is 24.4 Å². The molecule has 1 fully saturated rings. The molecule has 0 unspecified atom stereocenters. The van der Waals surface area contributed by atoms with Gasteiger partial charge in [0.25, 0.3) is 0 Å². The summed E-state index contributed by atoms with van der Waals surface area (Å²) in [5.41, 5.74) is 9.45. The maximum Gasteiger partial charge on any atom is 0.193 e. The van der Waals surface area contributed by atoms with Gasteiger partial charge in [0.15, 0.2) is 5.96 Å². The molecule has 138 valence electrons. The summed E-state index contributed by atoms with van der Waals surface area (Å²) in [5.74, 6) is 1.97. The first-order chi connectivity index (χ1) is 12.6. The van der Waals surface area contributed by atoms with Gasteiger partial charge in [-0.05, 0) is 60.6 Å². The van der Waals surface area contributed by atoms with Crippen LogP contribution in [0.1, 0.15) is 50.2 Å². The van der Waals surface area contributed by atoms with Crippen molar-refractivity contribution < 1.29 is 0 Å². The number of benzene rings is 1. The lowest BCUT2D eigenvalue weighted by atomic mass is 10.0. The number of rotatable bonds is 5. The topological polar surface area (TPSA) is 66.5 Å². The maximum absolute atomic E-state index is 6.07. The van der Waals surface area contributed by atoms with E-state index in [0.717, 1.165) is 30.2 Å². The molecule has 0 spiro atoms. The van der Waals surface area contributed by atoms with Crippen LogP contribution in [-0.4, -0.2) is 24.0 Å². The first-order valence-electron chi connectivity index (χ1n) is 9.48. The van der Waals surface area contributed by atoms with Crippen LogP contribution < -0.4 is 16.0 Å². The van der Waals surface area contributed by atoms with Gasteiger partial charge in [0.2, 0.25) is 0 Å². The number of hydrogen-bond acceptors (Lipinski definition) is 3. The lowest BCUT2D eigenvalue weighted by Crippen LogP contribution is -2.30. The molecule has 1 saturated heterocycles. The molecule has 2 aromatic rings. The Morgan fingerprint density at radius 2 is 2.00 bits per heavy atom. The number of nitrogens with one attached hydrogen (secondary N) is 1. The average Bonchev–Trinajstić information content (AvgIpc) is 2.67. The summed E-state index contributed by atoms with van der Waals surface area (Å²) in [6.45, 7) is 7.09. The van der Waals surface area contributed by atoms with Crippen LogP contribution in [0.4, 0.5) is 11.5 Å². The third kappa shape index (κ3) is 4.97. The Kier molecular flexibility index (Phi) is 6.10. The predicted octanol–water partition coefficient (Wildman–Crippen LogP) is 4.12. The van der Waals surface area contributed by atoms with Crippen molar-refractivity contribution in [2.75, 3.05) is 23.3 Å². The summed E-state index contributed by atoms with van der Waals surface area (Å²) >= 11 is 0. The lowest BCUT2D eigenvalue weighted by Gasteiger charge is -2.27. The fourth-order valence-corrected chi connectivity index (χ4v) is 3.19. The molecule has 0 bridgehead atoms. The van der Waals surface area contributed by atoms with Crippen molar-refractivity contribution in [2.45, 2.75) is 45.6 Å². The molecular weight excluding hydrogens is 322 g/mol. The van der Waals surface area contributed by atoms with Crippen molar-refractivity contribution in [1.82, 2.24) is 4.98 Å². The monoisotopic (exact) mass is 351 g/mol. The fraction of sp³-hybridized carbons (Fsp3) is 0.429. The van der Waals surface area contributed by atoms with Gasteiger partial charge in [-0.15, -0.1) is 0 Å². The first-order valence-corrected chi connectivity index (χ1v) is 9.48. The van der Waals surface area contributed by atoms with E-state index in [1.165, 1.54) is 24.8 Å². The first kappa shape index (κ1) is 18.2. The molecule has 5 heteroatoms. The molecule has 2 heterocycles. The van der Waals surface area contributed by atoms with Gasteiger partial charge in [-0.25, -0.2) is 9.98 Å². The van der Waals surface area contributed by atoms with E-state index in [0.29, 0.717) is 18.4 Å². The molecular formula is C21H29N5. The molecule has 1 aromatic carbocycles. The van der Waals surface area contributed by atoms with E-state index in [-0.39, 0.29) is 0 Å².